The molecule has 2 saturated heterocycles. The summed E-state index contributed by atoms with van der Waals surface area (Å²) in [5, 5.41) is 2.47. The van der Waals surface area contributed by atoms with Crippen LogP contribution < -0.4 is 10.2 Å². The monoisotopic (exact) mass is 371 g/mol. The molecule has 2 aliphatic rings. The molecule has 0 bridgehead atoms. The van der Waals surface area contributed by atoms with Gasteiger partial charge in [0.05, 0.1) is 24.5 Å². The third kappa shape index (κ3) is 4.60. The Balaban J connectivity index is 1.80. The van der Waals surface area contributed by atoms with Gasteiger partial charge in [-0.2, -0.15) is 13.2 Å². The zero-order chi connectivity index (χ0) is 18.6. The molecule has 26 heavy (non-hydrogen) atoms. The van der Waals surface area contributed by atoms with Crippen LogP contribution in [0.5, 0.6) is 0 Å². The summed E-state index contributed by atoms with van der Waals surface area (Å²) in [7, 11) is 0. The molecule has 0 unspecified atom stereocenters. The van der Waals surface area contributed by atoms with Crippen LogP contribution in [-0.4, -0.2) is 50.3 Å². The molecule has 3 rings (SSSR count). The van der Waals surface area contributed by atoms with Gasteiger partial charge in [-0.3, -0.25) is 0 Å². The number of hydrogen-bond donors (Lipinski definition) is 1. The molecule has 2 amide bonds. The Bertz CT molecular complexity index is 623. The number of morpholine rings is 1. The number of anilines is 2. The van der Waals surface area contributed by atoms with Gasteiger partial charge in [0.25, 0.3) is 0 Å². The summed E-state index contributed by atoms with van der Waals surface area (Å²) in [5.74, 6) is 0. The van der Waals surface area contributed by atoms with Crippen LogP contribution in [0.15, 0.2) is 18.2 Å². The van der Waals surface area contributed by atoms with Crippen LogP contribution in [0.25, 0.3) is 0 Å². The van der Waals surface area contributed by atoms with Crippen molar-refractivity contribution < 1.29 is 22.7 Å². The molecule has 2 heterocycles. The number of nitrogens with zero attached hydrogens (tertiary/aromatic N) is 2. The van der Waals surface area contributed by atoms with Crippen molar-refractivity contribution in [1.29, 1.82) is 0 Å². The molecule has 0 saturated carbocycles. The lowest BCUT2D eigenvalue weighted by Gasteiger charge is -2.30. The maximum absolute atomic E-state index is 13.5. The number of rotatable bonds is 2. The molecule has 2 fully saturated rings. The predicted octanol–water partition coefficient (Wildman–Crippen LogP) is 3.95. The summed E-state index contributed by atoms with van der Waals surface area (Å²) in [6.45, 7) is 3.26. The van der Waals surface area contributed by atoms with Gasteiger partial charge in [-0.15, -0.1) is 0 Å². The Hall–Kier alpha value is -1.96. The van der Waals surface area contributed by atoms with E-state index in [0.29, 0.717) is 45.1 Å². The first kappa shape index (κ1) is 18.8. The van der Waals surface area contributed by atoms with Crippen LogP contribution in [-0.2, 0) is 10.9 Å². The first-order valence-corrected chi connectivity index (χ1v) is 9.05. The van der Waals surface area contributed by atoms with Crippen molar-refractivity contribution in [1.82, 2.24) is 4.90 Å². The molecule has 1 N–H and O–H groups in total. The van der Waals surface area contributed by atoms with Gasteiger partial charge in [0.1, 0.15) is 0 Å². The third-order valence-electron chi connectivity index (χ3n) is 4.82. The van der Waals surface area contributed by atoms with Crippen molar-refractivity contribution in [2.45, 2.75) is 31.9 Å². The van der Waals surface area contributed by atoms with E-state index in [1.54, 1.807) is 11.0 Å². The van der Waals surface area contributed by atoms with Crippen molar-refractivity contribution in [3.05, 3.63) is 23.8 Å². The smallest absolute Gasteiger partial charge is 0.378 e. The van der Waals surface area contributed by atoms with Crippen LogP contribution in [0.1, 0.15) is 31.2 Å². The van der Waals surface area contributed by atoms with E-state index in [2.05, 4.69) is 5.32 Å². The number of carbonyl (C=O) groups excluding carboxylic acids is 1. The minimum atomic E-state index is -4.54. The molecular weight excluding hydrogens is 347 g/mol. The first-order valence-electron chi connectivity index (χ1n) is 9.05. The number of amides is 2. The summed E-state index contributed by atoms with van der Waals surface area (Å²) < 4.78 is 45.9. The highest BCUT2D eigenvalue weighted by molar-refractivity contribution is 5.90. The Labute approximate surface area is 151 Å². The second kappa shape index (κ2) is 8.16. The number of hydrogen-bond acceptors (Lipinski definition) is 3. The van der Waals surface area contributed by atoms with Gasteiger partial charge < -0.3 is 19.9 Å². The van der Waals surface area contributed by atoms with Gasteiger partial charge in [0, 0.05) is 31.9 Å². The quantitative estimate of drug-likeness (QED) is 0.856. The summed E-state index contributed by atoms with van der Waals surface area (Å²) in [4.78, 5) is 15.9. The van der Waals surface area contributed by atoms with Crippen LogP contribution in [0.3, 0.4) is 0 Å². The number of benzene rings is 1. The van der Waals surface area contributed by atoms with Crippen molar-refractivity contribution >= 4 is 17.4 Å². The molecule has 0 aliphatic carbocycles. The van der Waals surface area contributed by atoms with Crippen molar-refractivity contribution in [3.8, 4) is 0 Å². The third-order valence-corrected chi connectivity index (χ3v) is 4.82. The zero-order valence-corrected chi connectivity index (χ0v) is 14.6. The molecule has 1 aromatic rings. The lowest BCUT2D eigenvalue weighted by molar-refractivity contribution is -0.136. The van der Waals surface area contributed by atoms with Crippen molar-refractivity contribution in [2.75, 3.05) is 49.6 Å². The van der Waals surface area contributed by atoms with E-state index in [1.165, 1.54) is 6.07 Å². The van der Waals surface area contributed by atoms with Gasteiger partial charge in [-0.1, -0.05) is 12.8 Å². The van der Waals surface area contributed by atoms with Crippen LogP contribution in [0, 0.1) is 0 Å². The highest BCUT2D eigenvalue weighted by atomic mass is 19.4. The van der Waals surface area contributed by atoms with Crippen molar-refractivity contribution in [3.63, 3.8) is 0 Å². The molecule has 0 radical (unpaired) electrons. The lowest BCUT2D eigenvalue weighted by Crippen LogP contribution is -2.37. The number of ether oxygens (including phenoxy) is 1. The normalized spacial score (nSPS) is 19.2. The molecule has 8 heteroatoms. The summed E-state index contributed by atoms with van der Waals surface area (Å²) >= 11 is 0. The SMILES string of the molecule is O=C(Nc1ccc(N2CCOCC2)cc1C(F)(F)F)N1CCCCCC1. The number of halogens is 3. The van der Waals surface area contributed by atoms with Crippen LogP contribution >= 0.6 is 0 Å². The number of nitrogens with one attached hydrogen (secondary N) is 1. The molecule has 2 aliphatic heterocycles. The van der Waals surface area contributed by atoms with Gasteiger partial charge in [-0.05, 0) is 31.0 Å². The fourth-order valence-corrected chi connectivity index (χ4v) is 3.36. The van der Waals surface area contributed by atoms with E-state index >= 15 is 0 Å². The maximum Gasteiger partial charge on any atom is 0.418 e. The number of alkyl halides is 3. The van der Waals surface area contributed by atoms with Crippen molar-refractivity contribution in [2.24, 2.45) is 0 Å². The Morgan fingerprint density at radius 3 is 2.27 bits per heavy atom. The molecule has 1 aromatic carbocycles. The minimum Gasteiger partial charge on any atom is -0.378 e. The zero-order valence-electron chi connectivity index (χ0n) is 14.6. The van der Waals surface area contributed by atoms with E-state index in [1.807, 2.05) is 4.90 Å². The lowest BCUT2D eigenvalue weighted by atomic mass is 10.1. The van der Waals surface area contributed by atoms with Gasteiger partial charge >= 0.3 is 12.2 Å². The number of carbonyl (C=O) groups is 1. The average molecular weight is 371 g/mol. The fraction of sp³-hybridized carbons (Fsp3) is 0.611. The van der Waals surface area contributed by atoms with E-state index in [-0.39, 0.29) is 5.69 Å². The van der Waals surface area contributed by atoms with Gasteiger partial charge in [0.2, 0.25) is 0 Å². The second-order valence-corrected chi connectivity index (χ2v) is 6.66. The van der Waals surface area contributed by atoms with Gasteiger partial charge in [0.15, 0.2) is 0 Å². The minimum absolute atomic E-state index is 0.191. The number of urea groups is 1. The molecule has 5 nitrogen and oxygen atoms in total. The molecule has 144 valence electrons. The summed E-state index contributed by atoms with van der Waals surface area (Å²) in [6, 6.07) is 3.63. The van der Waals surface area contributed by atoms with E-state index in [4.69, 9.17) is 4.74 Å². The Kier molecular flexibility index (Phi) is 5.90. The maximum atomic E-state index is 13.5. The topological polar surface area (TPSA) is 44.8 Å². The first-order chi connectivity index (χ1) is 12.4. The Morgan fingerprint density at radius 1 is 1.00 bits per heavy atom. The van der Waals surface area contributed by atoms with Crippen LogP contribution in [0.2, 0.25) is 0 Å². The second-order valence-electron chi connectivity index (χ2n) is 6.66. The molecule has 0 spiro atoms. The highest BCUT2D eigenvalue weighted by Crippen LogP contribution is 2.37. The largest absolute Gasteiger partial charge is 0.418 e. The fourth-order valence-electron chi connectivity index (χ4n) is 3.36. The van der Waals surface area contributed by atoms with Gasteiger partial charge in [-0.25, -0.2) is 4.79 Å². The van der Waals surface area contributed by atoms with Crippen LogP contribution in [0.4, 0.5) is 29.3 Å². The standard InChI is InChI=1S/C18H24F3N3O2/c19-18(20,21)15-13-14(23-9-11-26-12-10-23)5-6-16(15)22-17(25)24-7-3-1-2-4-8-24/h5-6,13H,1-4,7-12H2,(H,22,25). The number of likely N-dealkylation sites (tertiary alicyclic amines) is 1. The summed E-state index contributed by atoms with van der Waals surface area (Å²) in [6.07, 6.45) is -0.674. The van der Waals surface area contributed by atoms with E-state index in [9.17, 15) is 18.0 Å². The average Bonchev–Trinajstić information content (AvgIpc) is 2.91. The predicted molar refractivity (Wildman–Crippen MR) is 93.5 cm³/mol. The van der Waals surface area contributed by atoms with E-state index in [0.717, 1.165) is 31.7 Å². The molecular formula is C18H24F3N3O2. The highest BCUT2D eigenvalue weighted by Gasteiger charge is 2.35. The summed E-state index contributed by atoms with van der Waals surface area (Å²) in [5.41, 5.74) is -0.512. The Morgan fingerprint density at radius 2 is 1.65 bits per heavy atom. The van der Waals surface area contributed by atoms with E-state index < -0.39 is 17.8 Å². The molecule has 0 atom stereocenters. The molecule has 0 aromatic heterocycles.